The normalized spacial score (nSPS) is 20.7. The molecule has 1 aromatic carbocycles. The van der Waals surface area contributed by atoms with Crippen molar-refractivity contribution in [3.05, 3.63) is 52.4 Å². The molecule has 0 spiro atoms. The lowest BCUT2D eigenvalue weighted by atomic mass is 10.0. The van der Waals surface area contributed by atoms with Crippen LogP contribution in [0.5, 0.6) is 0 Å². The number of H-pyrrole nitrogens is 1. The number of aliphatic hydroxyl groups is 1. The van der Waals surface area contributed by atoms with Crippen molar-refractivity contribution in [2.45, 2.75) is 44.2 Å². The molecule has 5 rings (SSSR count). The second-order valence-electron chi connectivity index (χ2n) is 9.08. The maximum atomic E-state index is 13.5. The Morgan fingerprint density at radius 2 is 2.00 bits per heavy atom. The van der Waals surface area contributed by atoms with Crippen LogP contribution in [-0.2, 0) is 4.74 Å². The number of ether oxygens (including phenoxy) is 1. The first kappa shape index (κ1) is 23.7. The van der Waals surface area contributed by atoms with E-state index in [1.807, 2.05) is 4.90 Å². The molecule has 2 aliphatic heterocycles. The van der Waals surface area contributed by atoms with Gasteiger partial charge in [-0.1, -0.05) is 11.6 Å². The predicted molar refractivity (Wildman–Crippen MR) is 132 cm³/mol. The molecule has 0 unspecified atom stereocenters. The van der Waals surface area contributed by atoms with Gasteiger partial charge in [0.2, 0.25) is 0 Å². The fraction of sp³-hybridized carbons (Fsp3) is 0.440. The lowest BCUT2D eigenvalue weighted by Crippen LogP contribution is -2.36. The molecule has 9 nitrogen and oxygen atoms in total. The lowest BCUT2D eigenvalue weighted by Gasteiger charge is -2.29. The zero-order valence-corrected chi connectivity index (χ0v) is 20.1. The highest BCUT2D eigenvalue weighted by molar-refractivity contribution is 6.36. The number of rotatable bonds is 6. The number of fused-ring (bicyclic) bond motifs is 1. The summed E-state index contributed by atoms with van der Waals surface area (Å²) in [5.41, 5.74) is 1.72. The van der Waals surface area contributed by atoms with Gasteiger partial charge in [0.05, 0.1) is 41.3 Å². The van der Waals surface area contributed by atoms with Gasteiger partial charge < -0.3 is 25.0 Å². The van der Waals surface area contributed by atoms with Crippen molar-refractivity contribution in [2.24, 2.45) is 0 Å². The van der Waals surface area contributed by atoms with E-state index < -0.39 is 0 Å². The molecular formula is C25H28ClN5O4. The summed E-state index contributed by atoms with van der Waals surface area (Å²) in [6, 6.07) is 4.85. The van der Waals surface area contributed by atoms with Crippen LogP contribution in [0.2, 0.25) is 5.02 Å². The number of ketones is 1. The number of nitrogens with one attached hydrogen (secondary N) is 2. The summed E-state index contributed by atoms with van der Waals surface area (Å²) in [7, 11) is 0. The first-order valence-electron chi connectivity index (χ1n) is 12.0. The van der Waals surface area contributed by atoms with Gasteiger partial charge in [-0.15, -0.1) is 0 Å². The van der Waals surface area contributed by atoms with E-state index in [0.29, 0.717) is 40.1 Å². The number of amides is 1. The highest BCUT2D eigenvalue weighted by Gasteiger charge is 2.26. The van der Waals surface area contributed by atoms with E-state index in [1.54, 1.807) is 24.4 Å². The third-order valence-electron chi connectivity index (χ3n) is 6.73. The van der Waals surface area contributed by atoms with E-state index in [2.05, 4.69) is 20.3 Å². The minimum Gasteiger partial charge on any atom is -0.394 e. The van der Waals surface area contributed by atoms with Crippen LogP contribution in [0.15, 0.2) is 30.7 Å². The summed E-state index contributed by atoms with van der Waals surface area (Å²) in [5.74, 6) is 0.190. The molecule has 2 aromatic heterocycles. The van der Waals surface area contributed by atoms with E-state index >= 15 is 0 Å². The molecule has 184 valence electrons. The summed E-state index contributed by atoms with van der Waals surface area (Å²) < 4.78 is 5.66. The lowest BCUT2D eigenvalue weighted by molar-refractivity contribution is -0.0224. The van der Waals surface area contributed by atoms with E-state index in [0.717, 1.165) is 45.2 Å². The Kier molecular flexibility index (Phi) is 6.99. The van der Waals surface area contributed by atoms with E-state index in [4.69, 9.17) is 16.3 Å². The summed E-state index contributed by atoms with van der Waals surface area (Å²) in [5, 5.41) is 13.5. The number of aromatic nitrogens is 3. The first-order valence-corrected chi connectivity index (χ1v) is 12.4. The van der Waals surface area contributed by atoms with Crippen molar-refractivity contribution in [3.63, 3.8) is 0 Å². The number of hydrogen-bond donors (Lipinski definition) is 3. The highest BCUT2D eigenvalue weighted by atomic mass is 35.5. The van der Waals surface area contributed by atoms with Crippen molar-refractivity contribution in [1.29, 1.82) is 0 Å². The fourth-order valence-electron chi connectivity index (χ4n) is 4.77. The van der Waals surface area contributed by atoms with Crippen LogP contribution in [0.3, 0.4) is 0 Å². The maximum Gasteiger partial charge on any atom is 0.253 e. The standard InChI is InChI=1S/C25H28ClN5O4/c26-20-10-15(25(34)31-8-2-1-3-9-31)4-7-18(20)22(33)19-11-27-23-21(19)24(29-14-28-23)30-16-5-6-17(12-32)35-13-16/h4,7,10-11,14,16-17,32H,1-3,5-6,8-9,12-13H2,(H2,27,28,29,30)/t16-,17+/m1/s1. The van der Waals surface area contributed by atoms with Crippen LogP contribution in [0.4, 0.5) is 5.82 Å². The molecule has 2 aliphatic rings. The molecule has 3 N–H and O–H groups in total. The van der Waals surface area contributed by atoms with Crippen molar-refractivity contribution in [2.75, 3.05) is 31.6 Å². The molecule has 4 heterocycles. The van der Waals surface area contributed by atoms with Crippen molar-refractivity contribution in [3.8, 4) is 0 Å². The third kappa shape index (κ3) is 4.89. The Morgan fingerprint density at radius 1 is 1.17 bits per heavy atom. The van der Waals surface area contributed by atoms with Crippen LogP contribution in [0, 0.1) is 0 Å². The van der Waals surface area contributed by atoms with Crippen molar-refractivity contribution in [1.82, 2.24) is 19.9 Å². The summed E-state index contributed by atoms with van der Waals surface area (Å²) in [6.07, 6.45) is 7.59. The summed E-state index contributed by atoms with van der Waals surface area (Å²) >= 11 is 6.51. The fourth-order valence-corrected chi connectivity index (χ4v) is 5.03. The van der Waals surface area contributed by atoms with Gasteiger partial charge in [0.25, 0.3) is 5.91 Å². The molecule has 2 fully saturated rings. The van der Waals surface area contributed by atoms with Gasteiger partial charge in [0.1, 0.15) is 17.8 Å². The van der Waals surface area contributed by atoms with Gasteiger partial charge in [0.15, 0.2) is 5.78 Å². The minimum atomic E-state index is -0.281. The number of carbonyl (C=O) groups is 2. The minimum absolute atomic E-state index is 0.00239. The Labute approximate surface area is 207 Å². The monoisotopic (exact) mass is 497 g/mol. The Bertz CT molecular complexity index is 1230. The Morgan fingerprint density at radius 3 is 2.71 bits per heavy atom. The number of anilines is 1. The molecule has 0 bridgehead atoms. The van der Waals surface area contributed by atoms with Crippen molar-refractivity contribution < 1.29 is 19.4 Å². The Hall–Kier alpha value is -3.01. The predicted octanol–water partition coefficient (Wildman–Crippen LogP) is 3.42. The number of piperidine rings is 1. The molecule has 0 radical (unpaired) electrons. The molecular weight excluding hydrogens is 470 g/mol. The van der Waals surface area contributed by atoms with Crippen LogP contribution < -0.4 is 5.32 Å². The quantitative estimate of drug-likeness (QED) is 0.446. The maximum absolute atomic E-state index is 13.5. The SMILES string of the molecule is O=C(c1ccc(C(=O)N2CCCCC2)cc1Cl)c1c[nH]c2ncnc(N[C@@H]3CC[C@@H](CO)OC3)c12. The molecule has 10 heteroatoms. The zero-order chi connectivity index (χ0) is 24.4. The number of carbonyl (C=O) groups excluding carboxylic acids is 2. The second-order valence-corrected chi connectivity index (χ2v) is 9.49. The van der Waals surface area contributed by atoms with E-state index in [9.17, 15) is 14.7 Å². The average molecular weight is 498 g/mol. The van der Waals surface area contributed by atoms with E-state index in [1.165, 1.54) is 6.33 Å². The van der Waals surface area contributed by atoms with Gasteiger partial charge in [-0.3, -0.25) is 9.59 Å². The van der Waals surface area contributed by atoms with Crippen LogP contribution >= 0.6 is 11.6 Å². The van der Waals surface area contributed by atoms with Crippen LogP contribution in [0.25, 0.3) is 11.0 Å². The number of nitrogens with zero attached hydrogens (tertiary/aromatic N) is 3. The number of benzene rings is 1. The number of hydrogen-bond acceptors (Lipinski definition) is 7. The van der Waals surface area contributed by atoms with Crippen LogP contribution in [0.1, 0.15) is 58.4 Å². The molecule has 1 amide bonds. The highest BCUT2D eigenvalue weighted by Crippen LogP contribution is 2.30. The summed E-state index contributed by atoms with van der Waals surface area (Å²) in [4.78, 5) is 39.9. The number of likely N-dealkylation sites (tertiary alicyclic amines) is 1. The molecule has 0 saturated carbocycles. The molecule has 2 atom stereocenters. The topological polar surface area (TPSA) is 120 Å². The van der Waals surface area contributed by atoms with Gasteiger partial charge >= 0.3 is 0 Å². The van der Waals surface area contributed by atoms with Gasteiger partial charge in [-0.2, -0.15) is 0 Å². The Balaban J connectivity index is 1.39. The van der Waals surface area contributed by atoms with Crippen molar-refractivity contribution >= 4 is 40.1 Å². The average Bonchev–Trinajstić information content (AvgIpc) is 3.34. The molecule has 0 aliphatic carbocycles. The number of aromatic amines is 1. The van der Waals surface area contributed by atoms with Gasteiger partial charge in [0, 0.05) is 30.4 Å². The van der Waals surface area contributed by atoms with Crippen LogP contribution in [-0.4, -0.2) is 75.1 Å². The second kappa shape index (κ2) is 10.3. The number of halogens is 1. The van der Waals surface area contributed by atoms with E-state index in [-0.39, 0.29) is 35.5 Å². The smallest absolute Gasteiger partial charge is 0.253 e. The zero-order valence-electron chi connectivity index (χ0n) is 19.3. The molecule has 2 saturated heterocycles. The molecule has 3 aromatic rings. The number of aliphatic hydroxyl groups excluding tert-OH is 1. The van der Waals surface area contributed by atoms with Gasteiger partial charge in [-0.05, 0) is 50.3 Å². The summed E-state index contributed by atoms with van der Waals surface area (Å²) in [6.45, 7) is 1.93. The largest absolute Gasteiger partial charge is 0.394 e. The first-order chi connectivity index (χ1) is 17.0. The molecule has 35 heavy (non-hydrogen) atoms. The van der Waals surface area contributed by atoms with Gasteiger partial charge in [-0.25, -0.2) is 9.97 Å². The third-order valence-corrected chi connectivity index (χ3v) is 7.05.